The fraction of sp³-hybridized carbons (Fsp3) is 0.200. The third-order valence-electron chi connectivity index (χ3n) is 3.70. The number of hydrogen-bond donors (Lipinski definition) is 2. The van der Waals surface area contributed by atoms with Crippen molar-refractivity contribution < 1.29 is 5.11 Å². The van der Waals surface area contributed by atoms with Gasteiger partial charge in [-0.3, -0.25) is 0 Å². The Balaban J connectivity index is 1.81. The van der Waals surface area contributed by atoms with Crippen molar-refractivity contribution in [2.24, 2.45) is 0 Å². The molecule has 9 heteroatoms. The van der Waals surface area contributed by atoms with Gasteiger partial charge in [-0.25, -0.2) is 0 Å². The molecule has 24 heavy (non-hydrogen) atoms. The van der Waals surface area contributed by atoms with Crippen LogP contribution >= 0.6 is 53.3 Å². The van der Waals surface area contributed by atoms with Crippen molar-refractivity contribution in [3.63, 3.8) is 0 Å². The van der Waals surface area contributed by atoms with Crippen molar-refractivity contribution in [3.05, 3.63) is 54.1 Å². The first-order chi connectivity index (χ1) is 11.2. The highest BCUT2D eigenvalue weighted by atomic mass is 33.7. The van der Waals surface area contributed by atoms with Gasteiger partial charge in [0, 0.05) is 15.4 Å². The molecule has 1 aliphatic rings. The molecule has 0 unspecified atom stereocenters. The Labute approximate surface area is 170 Å². The first-order valence-corrected chi connectivity index (χ1v) is 18.6. The van der Waals surface area contributed by atoms with Crippen molar-refractivity contribution in [3.8, 4) is 5.75 Å². The normalized spacial score (nSPS) is 26.8. The molecule has 0 atom stereocenters. The zero-order valence-electron chi connectivity index (χ0n) is 12.9. The Morgan fingerprint density at radius 1 is 0.917 bits per heavy atom. The van der Waals surface area contributed by atoms with Crippen LogP contribution in [0.3, 0.4) is 0 Å². The van der Waals surface area contributed by atoms with Crippen LogP contribution in [0.1, 0.15) is 19.4 Å². The van der Waals surface area contributed by atoms with Crippen LogP contribution in [0.5, 0.6) is 5.75 Å². The fourth-order valence-electron chi connectivity index (χ4n) is 2.21. The minimum atomic E-state index is -1.72. The molecule has 1 nitrogen and oxygen atoms in total. The van der Waals surface area contributed by atoms with Gasteiger partial charge in [0.05, 0.1) is 8.88 Å². The highest BCUT2D eigenvalue weighted by Gasteiger charge is 2.45. The van der Waals surface area contributed by atoms with Gasteiger partial charge >= 0.3 is 0 Å². The molecule has 0 radical (unpaired) electrons. The zero-order chi connectivity index (χ0) is 17.6. The van der Waals surface area contributed by atoms with Crippen molar-refractivity contribution in [1.82, 2.24) is 0 Å². The van der Waals surface area contributed by atoms with E-state index in [1.807, 2.05) is 34.1 Å². The largest absolute Gasteiger partial charge is 0.508 e. The van der Waals surface area contributed by atoms with E-state index >= 15 is 0 Å². The molecule has 3 rings (SSSR count). The SMILES string of the molecule is CC(C)(SS)c1ccc(P2(=S)SP(=S)(c3ccc(O)cc3)S2)cc1. The molecule has 0 bridgehead atoms. The van der Waals surface area contributed by atoms with E-state index in [1.165, 1.54) is 10.9 Å². The number of benzene rings is 2. The molecule has 0 aliphatic carbocycles. The van der Waals surface area contributed by atoms with Crippen LogP contribution in [0.15, 0.2) is 48.5 Å². The summed E-state index contributed by atoms with van der Waals surface area (Å²) in [4.78, 5) is 0. The number of phenols is 1. The lowest BCUT2D eigenvalue weighted by molar-refractivity contribution is 0.475. The average molecular weight is 467 g/mol. The maximum atomic E-state index is 9.45. The van der Waals surface area contributed by atoms with Gasteiger partial charge in [0.1, 0.15) is 5.75 Å². The predicted octanol–water partition coefficient (Wildman–Crippen LogP) is 6.26. The lowest BCUT2D eigenvalue weighted by Gasteiger charge is -2.40. The molecule has 128 valence electrons. The van der Waals surface area contributed by atoms with Crippen LogP contribution in [0.2, 0.25) is 0 Å². The number of phenolic OH excluding ortho intramolecular Hbond substituents is 1. The Kier molecular flexibility index (Phi) is 5.88. The van der Waals surface area contributed by atoms with Gasteiger partial charge in [-0.05, 0) is 43.7 Å². The van der Waals surface area contributed by atoms with Crippen LogP contribution in [-0.2, 0) is 28.4 Å². The second-order valence-electron chi connectivity index (χ2n) is 5.82. The molecule has 0 spiro atoms. The molecule has 0 saturated carbocycles. The maximum Gasteiger partial charge on any atom is 0.115 e. The summed E-state index contributed by atoms with van der Waals surface area (Å²) in [7, 11) is 1.55. The van der Waals surface area contributed by atoms with Crippen molar-refractivity contribution >= 4 is 87.6 Å². The molecule has 1 heterocycles. The zero-order valence-corrected chi connectivity index (χ0v) is 19.7. The minimum Gasteiger partial charge on any atom is -0.508 e. The Hall–Kier alpha value is 0.940. The van der Waals surface area contributed by atoms with E-state index in [1.54, 1.807) is 22.9 Å². The molecular formula is C15H16OP2S6. The van der Waals surface area contributed by atoms with E-state index in [9.17, 15) is 5.11 Å². The number of thiol groups is 1. The van der Waals surface area contributed by atoms with Gasteiger partial charge < -0.3 is 5.11 Å². The third kappa shape index (κ3) is 3.80. The lowest BCUT2D eigenvalue weighted by Crippen LogP contribution is -2.13. The molecular weight excluding hydrogens is 451 g/mol. The summed E-state index contributed by atoms with van der Waals surface area (Å²) >= 11 is 19.9. The van der Waals surface area contributed by atoms with E-state index in [2.05, 4.69) is 49.8 Å². The minimum absolute atomic E-state index is 0.0184. The van der Waals surface area contributed by atoms with Crippen molar-refractivity contribution in [1.29, 1.82) is 0 Å². The molecule has 2 aromatic rings. The first kappa shape index (κ1) is 19.7. The van der Waals surface area contributed by atoms with Gasteiger partial charge in [0.25, 0.3) is 0 Å². The molecule has 1 saturated heterocycles. The van der Waals surface area contributed by atoms with E-state index in [4.69, 9.17) is 23.6 Å². The third-order valence-corrected chi connectivity index (χ3v) is 37.0. The maximum absolute atomic E-state index is 9.45. The van der Waals surface area contributed by atoms with Crippen LogP contribution in [0.4, 0.5) is 0 Å². The monoisotopic (exact) mass is 466 g/mol. The molecule has 1 aliphatic heterocycles. The van der Waals surface area contributed by atoms with Gasteiger partial charge in [-0.1, -0.05) is 80.7 Å². The van der Waals surface area contributed by atoms with Gasteiger partial charge in [0.15, 0.2) is 0 Å². The molecule has 0 aromatic heterocycles. The quantitative estimate of drug-likeness (QED) is 0.313. The highest BCUT2D eigenvalue weighted by molar-refractivity contribution is 9.48. The predicted molar refractivity (Wildman–Crippen MR) is 127 cm³/mol. The fourth-order valence-corrected chi connectivity index (χ4v) is 45.0. The Morgan fingerprint density at radius 3 is 1.75 bits per heavy atom. The number of rotatable bonds is 4. The summed E-state index contributed by atoms with van der Waals surface area (Å²) in [6.07, 6.45) is 0. The summed E-state index contributed by atoms with van der Waals surface area (Å²) in [6.45, 7) is 4.32. The van der Waals surface area contributed by atoms with Crippen LogP contribution in [0.25, 0.3) is 0 Å². The summed E-state index contributed by atoms with van der Waals surface area (Å²) in [5, 5.41) is 11.8. The second kappa shape index (κ2) is 7.16. The molecule has 2 aromatic carbocycles. The summed E-state index contributed by atoms with van der Waals surface area (Å²) in [5.74, 6) is 0.274. The molecule has 0 amide bonds. The molecule has 1 fully saturated rings. The van der Waals surface area contributed by atoms with E-state index in [0.29, 0.717) is 0 Å². The van der Waals surface area contributed by atoms with Gasteiger partial charge in [-0.15, -0.1) is 11.7 Å². The van der Waals surface area contributed by atoms with Crippen LogP contribution < -0.4 is 10.6 Å². The molecule has 1 N–H and O–H groups in total. The van der Waals surface area contributed by atoms with Crippen LogP contribution in [-0.4, -0.2) is 5.11 Å². The number of hydrogen-bond acceptors (Lipinski definition) is 7. The van der Waals surface area contributed by atoms with Gasteiger partial charge in [0.2, 0.25) is 0 Å². The Bertz CT molecular complexity index is 833. The topological polar surface area (TPSA) is 20.2 Å². The summed E-state index contributed by atoms with van der Waals surface area (Å²) < 4.78 is -3.44. The van der Waals surface area contributed by atoms with Gasteiger partial charge in [-0.2, -0.15) is 0 Å². The average Bonchev–Trinajstić information content (AvgIpc) is 2.54. The highest BCUT2D eigenvalue weighted by Crippen LogP contribution is 3.04. The Morgan fingerprint density at radius 2 is 1.33 bits per heavy atom. The van der Waals surface area contributed by atoms with Crippen LogP contribution in [0, 0.1) is 0 Å². The standard InChI is InChI=1S/C15H16OP2S6/c1-15(2,22-21)11-3-7-13(8-4-11)17(19)23-18(20,24-17)14-9-5-12(16)6-10-14/h3-10,16,21H,1-2H3. The lowest BCUT2D eigenvalue weighted by atomic mass is 10.0. The first-order valence-electron chi connectivity index (χ1n) is 7.05. The second-order valence-corrected chi connectivity index (χ2v) is 28.9. The van der Waals surface area contributed by atoms with Crippen molar-refractivity contribution in [2.75, 3.05) is 0 Å². The van der Waals surface area contributed by atoms with Crippen molar-refractivity contribution in [2.45, 2.75) is 18.6 Å². The van der Waals surface area contributed by atoms with E-state index in [0.717, 1.165) is 5.30 Å². The van der Waals surface area contributed by atoms with E-state index < -0.39 is 8.88 Å². The van der Waals surface area contributed by atoms with E-state index in [-0.39, 0.29) is 10.5 Å². The summed E-state index contributed by atoms with van der Waals surface area (Å²) in [5.41, 5.74) is 1.25. The summed E-state index contributed by atoms with van der Waals surface area (Å²) in [6, 6.07) is 15.9. The smallest absolute Gasteiger partial charge is 0.115 e. The number of aromatic hydroxyl groups is 1.